The summed E-state index contributed by atoms with van der Waals surface area (Å²) in [6.45, 7) is 1.72. The first-order valence-corrected chi connectivity index (χ1v) is 9.02. The zero-order valence-corrected chi connectivity index (χ0v) is 16.0. The SMILES string of the molecule is Cc1cc(Nc2nc(C(F)(F)c3ccc(F)cc3)nn3cc(CNC(=O)O)cc23)n[nH]1. The van der Waals surface area contributed by atoms with Crippen LogP contribution in [-0.2, 0) is 12.5 Å². The zero-order chi connectivity index (χ0) is 22.2. The second-order valence-electron chi connectivity index (χ2n) is 6.76. The number of fused-ring (bicyclic) bond motifs is 1. The standard InChI is InChI=1S/C19H16F3N7O2/c1-10-6-15(27-26-10)24-16-14-7-11(8-23-18(30)31)9-29(14)28-17(25-16)19(21,22)12-2-4-13(20)5-3-12/h2-7,9,23H,8H2,1H3,(H,30,31)(H2,24,25,26,27,28). The predicted octanol–water partition coefficient (Wildman–Crippen LogP) is 3.55. The summed E-state index contributed by atoms with van der Waals surface area (Å²) in [6.07, 6.45) is 0.188. The highest BCUT2D eigenvalue weighted by Crippen LogP contribution is 2.35. The molecule has 1 amide bonds. The fourth-order valence-corrected chi connectivity index (χ4v) is 2.94. The largest absolute Gasteiger partial charge is 0.465 e. The van der Waals surface area contributed by atoms with Crippen LogP contribution in [0, 0.1) is 12.7 Å². The van der Waals surface area contributed by atoms with Crippen molar-refractivity contribution in [3.8, 4) is 0 Å². The first-order valence-electron chi connectivity index (χ1n) is 9.02. The fourth-order valence-electron chi connectivity index (χ4n) is 2.94. The minimum absolute atomic E-state index is 0.0415. The Hall–Kier alpha value is -4.09. The van der Waals surface area contributed by atoms with Crippen LogP contribution in [-0.4, -0.2) is 36.0 Å². The van der Waals surface area contributed by atoms with E-state index in [0.29, 0.717) is 16.9 Å². The van der Waals surface area contributed by atoms with E-state index >= 15 is 8.78 Å². The molecule has 0 atom stereocenters. The number of benzene rings is 1. The Bertz CT molecular complexity index is 1250. The molecule has 0 aliphatic heterocycles. The van der Waals surface area contributed by atoms with Gasteiger partial charge < -0.3 is 15.7 Å². The second kappa shape index (κ2) is 7.63. The van der Waals surface area contributed by atoms with E-state index in [1.165, 1.54) is 10.7 Å². The molecule has 0 saturated carbocycles. The molecule has 0 aliphatic rings. The summed E-state index contributed by atoms with van der Waals surface area (Å²) in [6, 6.07) is 7.01. The molecule has 0 bridgehead atoms. The number of nitrogens with one attached hydrogen (secondary N) is 3. The lowest BCUT2D eigenvalue weighted by molar-refractivity contribution is 0.0315. The van der Waals surface area contributed by atoms with Crippen LogP contribution >= 0.6 is 0 Å². The van der Waals surface area contributed by atoms with Crippen molar-refractivity contribution in [3.63, 3.8) is 0 Å². The van der Waals surface area contributed by atoms with E-state index in [1.54, 1.807) is 19.1 Å². The Labute approximate surface area is 172 Å². The van der Waals surface area contributed by atoms with E-state index < -0.39 is 29.2 Å². The maximum absolute atomic E-state index is 15.1. The average Bonchev–Trinajstić information content (AvgIpc) is 3.32. The van der Waals surface area contributed by atoms with Crippen LogP contribution in [0.15, 0.2) is 42.6 Å². The lowest BCUT2D eigenvalue weighted by Gasteiger charge is -2.16. The molecule has 12 heteroatoms. The van der Waals surface area contributed by atoms with Crippen LogP contribution in [0.1, 0.15) is 22.6 Å². The van der Waals surface area contributed by atoms with Crippen LogP contribution in [0.5, 0.6) is 0 Å². The molecule has 0 saturated heterocycles. The van der Waals surface area contributed by atoms with E-state index in [4.69, 9.17) is 5.11 Å². The van der Waals surface area contributed by atoms with Crippen molar-refractivity contribution in [2.24, 2.45) is 0 Å². The maximum atomic E-state index is 15.1. The molecule has 0 radical (unpaired) electrons. The van der Waals surface area contributed by atoms with Crippen molar-refractivity contribution in [2.45, 2.75) is 19.4 Å². The molecule has 3 aromatic heterocycles. The van der Waals surface area contributed by atoms with Crippen LogP contribution in [0.4, 0.5) is 29.6 Å². The van der Waals surface area contributed by atoms with Gasteiger partial charge in [-0.1, -0.05) is 0 Å². The first-order chi connectivity index (χ1) is 14.7. The van der Waals surface area contributed by atoms with Crippen LogP contribution in [0.2, 0.25) is 0 Å². The lowest BCUT2D eigenvalue weighted by Crippen LogP contribution is -2.21. The van der Waals surface area contributed by atoms with Gasteiger partial charge in [-0.3, -0.25) is 5.10 Å². The zero-order valence-electron chi connectivity index (χ0n) is 16.0. The Morgan fingerprint density at radius 1 is 1.26 bits per heavy atom. The minimum Gasteiger partial charge on any atom is -0.465 e. The summed E-state index contributed by atoms with van der Waals surface area (Å²) in [5.41, 5.74) is 1.09. The Balaban J connectivity index is 1.81. The number of rotatable bonds is 6. The van der Waals surface area contributed by atoms with Gasteiger partial charge in [0.2, 0.25) is 5.82 Å². The number of hydrogen-bond donors (Lipinski definition) is 4. The number of amides is 1. The summed E-state index contributed by atoms with van der Waals surface area (Å²) in [5, 5.41) is 24.5. The lowest BCUT2D eigenvalue weighted by atomic mass is 10.1. The molecule has 3 heterocycles. The van der Waals surface area contributed by atoms with Gasteiger partial charge in [-0.25, -0.2) is 18.7 Å². The molecule has 1 aromatic carbocycles. The summed E-state index contributed by atoms with van der Waals surface area (Å²) < 4.78 is 44.6. The summed E-state index contributed by atoms with van der Waals surface area (Å²) in [5.74, 6) is -4.70. The predicted molar refractivity (Wildman–Crippen MR) is 104 cm³/mol. The summed E-state index contributed by atoms with van der Waals surface area (Å²) in [4.78, 5) is 14.8. The molecule has 0 fully saturated rings. The van der Waals surface area contributed by atoms with Crippen molar-refractivity contribution in [1.29, 1.82) is 0 Å². The number of aryl methyl sites for hydroxylation is 1. The molecule has 4 aromatic rings. The van der Waals surface area contributed by atoms with Gasteiger partial charge in [-0.05, 0) is 42.8 Å². The van der Waals surface area contributed by atoms with Gasteiger partial charge >= 0.3 is 12.0 Å². The number of halogens is 3. The number of nitrogens with zero attached hydrogens (tertiary/aromatic N) is 4. The van der Waals surface area contributed by atoms with Crippen LogP contribution < -0.4 is 10.6 Å². The van der Waals surface area contributed by atoms with Gasteiger partial charge in [0.25, 0.3) is 0 Å². The molecule has 160 valence electrons. The monoisotopic (exact) mass is 431 g/mol. The van der Waals surface area contributed by atoms with E-state index in [1.807, 2.05) is 0 Å². The third-order valence-electron chi connectivity index (χ3n) is 4.40. The average molecular weight is 431 g/mol. The third-order valence-corrected chi connectivity index (χ3v) is 4.40. The highest BCUT2D eigenvalue weighted by Gasteiger charge is 2.39. The van der Waals surface area contributed by atoms with Gasteiger partial charge in [-0.2, -0.15) is 13.9 Å². The van der Waals surface area contributed by atoms with Gasteiger partial charge in [-0.15, -0.1) is 5.10 Å². The Morgan fingerprint density at radius 2 is 2.00 bits per heavy atom. The van der Waals surface area contributed by atoms with Gasteiger partial charge in [0.05, 0.1) is 0 Å². The maximum Gasteiger partial charge on any atom is 0.404 e. The number of carboxylic acid groups (broad SMARTS) is 1. The second-order valence-corrected chi connectivity index (χ2v) is 6.76. The summed E-state index contributed by atoms with van der Waals surface area (Å²) in [7, 11) is 0. The molecule has 0 spiro atoms. The van der Waals surface area contributed by atoms with Crippen LogP contribution in [0.25, 0.3) is 5.52 Å². The highest BCUT2D eigenvalue weighted by atomic mass is 19.3. The molecule has 0 unspecified atom stereocenters. The first kappa shape index (κ1) is 20.2. The van der Waals surface area contributed by atoms with E-state index in [-0.39, 0.29) is 12.4 Å². The number of anilines is 2. The smallest absolute Gasteiger partial charge is 0.404 e. The van der Waals surface area contributed by atoms with E-state index in [0.717, 1.165) is 30.0 Å². The van der Waals surface area contributed by atoms with Gasteiger partial charge in [0.1, 0.15) is 11.3 Å². The van der Waals surface area contributed by atoms with E-state index in [2.05, 4.69) is 30.9 Å². The topological polar surface area (TPSA) is 120 Å². The Morgan fingerprint density at radius 3 is 2.65 bits per heavy atom. The number of aromatic nitrogens is 5. The van der Waals surface area contributed by atoms with Crippen molar-refractivity contribution in [2.75, 3.05) is 5.32 Å². The highest BCUT2D eigenvalue weighted by molar-refractivity contribution is 5.73. The third kappa shape index (κ3) is 4.13. The normalized spacial score (nSPS) is 11.6. The molecule has 0 aliphatic carbocycles. The number of alkyl halides is 2. The van der Waals surface area contributed by atoms with Crippen molar-refractivity contribution < 1.29 is 23.1 Å². The molecular weight excluding hydrogens is 415 g/mol. The van der Waals surface area contributed by atoms with Crippen LogP contribution in [0.3, 0.4) is 0 Å². The molecule has 9 nitrogen and oxygen atoms in total. The van der Waals surface area contributed by atoms with Crippen molar-refractivity contribution in [3.05, 3.63) is 71.1 Å². The fraction of sp³-hybridized carbons (Fsp3) is 0.158. The molecular formula is C19H16F3N7O2. The number of aromatic amines is 1. The number of hydrogen-bond acceptors (Lipinski definition) is 5. The Kier molecular flexibility index (Phi) is 4.97. The summed E-state index contributed by atoms with van der Waals surface area (Å²) >= 11 is 0. The number of H-pyrrole nitrogens is 1. The quantitative estimate of drug-likeness (QED) is 0.371. The van der Waals surface area contributed by atoms with Gasteiger partial charge in [0.15, 0.2) is 11.6 Å². The van der Waals surface area contributed by atoms with Crippen molar-refractivity contribution >= 4 is 23.2 Å². The van der Waals surface area contributed by atoms with E-state index in [9.17, 15) is 9.18 Å². The van der Waals surface area contributed by atoms with Gasteiger partial charge in [0, 0.05) is 30.1 Å². The number of carbonyl (C=O) groups is 1. The molecule has 4 N–H and O–H groups in total. The molecule has 31 heavy (non-hydrogen) atoms. The molecule has 4 rings (SSSR count). The minimum atomic E-state index is -3.62. The van der Waals surface area contributed by atoms with Crippen molar-refractivity contribution in [1.82, 2.24) is 30.1 Å².